The Balaban J connectivity index is 0.00000116. The number of thioether (sulfide) groups is 1. The van der Waals surface area contributed by atoms with Gasteiger partial charge in [-0.3, -0.25) is 4.90 Å². The van der Waals surface area contributed by atoms with E-state index in [0.717, 1.165) is 44.0 Å². The first-order valence-electron chi connectivity index (χ1n) is 8.26. The minimum atomic E-state index is 0.224. The molecule has 0 aliphatic carbocycles. The van der Waals surface area contributed by atoms with Crippen LogP contribution in [0, 0.1) is 16.7 Å². The number of likely N-dealkylation sites (tertiary alicyclic amines) is 1. The summed E-state index contributed by atoms with van der Waals surface area (Å²) in [6.45, 7) is 17.6. The lowest BCUT2D eigenvalue weighted by atomic mass is 9.78. The van der Waals surface area contributed by atoms with Crippen molar-refractivity contribution >= 4 is 11.8 Å². The quantitative estimate of drug-likeness (QED) is 0.744. The molecule has 0 aromatic carbocycles. The Labute approximate surface area is 141 Å². The van der Waals surface area contributed by atoms with Crippen molar-refractivity contribution < 1.29 is 0 Å². The van der Waals surface area contributed by atoms with Crippen LogP contribution in [0.25, 0.3) is 0 Å². The molecule has 2 aliphatic heterocycles. The molecular weight excluding hydrogens is 288 g/mol. The van der Waals surface area contributed by atoms with Crippen LogP contribution in [-0.2, 0) is 0 Å². The van der Waals surface area contributed by atoms with Gasteiger partial charge in [0.1, 0.15) is 0 Å². The van der Waals surface area contributed by atoms with E-state index in [1.54, 1.807) is 0 Å². The first kappa shape index (κ1) is 19.1. The van der Waals surface area contributed by atoms with E-state index in [0.29, 0.717) is 6.42 Å². The topological polar surface area (TPSA) is 27.0 Å². The molecule has 0 saturated carbocycles. The smallest absolute Gasteiger partial charge is 0.0627 e. The average molecular weight is 319 g/mol. The highest BCUT2D eigenvalue weighted by Crippen LogP contribution is 2.34. The zero-order valence-corrected chi connectivity index (χ0v) is 15.3. The van der Waals surface area contributed by atoms with Crippen molar-refractivity contribution in [3.8, 4) is 6.07 Å². The summed E-state index contributed by atoms with van der Waals surface area (Å²) in [4.78, 5) is 2.46. The van der Waals surface area contributed by atoms with Gasteiger partial charge in [0, 0.05) is 24.5 Å². The van der Waals surface area contributed by atoms with Crippen molar-refractivity contribution in [3.63, 3.8) is 0 Å². The van der Waals surface area contributed by atoms with Gasteiger partial charge in [0.2, 0.25) is 0 Å². The average Bonchev–Trinajstić information content (AvgIpc) is 2.89. The van der Waals surface area contributed by atoms with Crippen molar-refractivity contribution in [1.29, 1.82) is 5.26 Å². The van der Waals surface area contributed by atoms with Crippen molar-refractivity contribution in [2.24, 2.45) is 5.41 Å². The summed E-state index contributed by atoms with van der Waals surface area (Å²) in [7, 11) is 0. The Morgan fingerprint density at radius 3 is 2.50 bits per heavy atom. The summed E-state index contributed by atoms with van der Waals surface area (Å²) in [5, 5.41) is 8.88. The zero-order chi connectivity index (χ0) is 16.6. The zero-order valence-electron chi connectivity index (χ0n) is 14.5. The SMILES string of the molecule is C=C(/C=C1/CSCC1=C)CN1CCC(C)(CC#N)CC1.CC. The van der Waals surface area contributed by atoms with Crippen LogP contribution in [-0.4, -0.2) is 36.0 Å². The summed E-state index contributed by atoms with van der Waals surface area (Å²) in [5.74, 6) is 2.15. The fraction of sp³-hybridized carbons (Fsp3) is 0.632. The third-order valence-corrected chi connectivity index (χ3v) is 5.43. The van der Waals surface area contributed by atoms with E-state index in [-0.39, 0.29) is 5.41 Å². The van der Waals surface area contributed by atoms with Crippen LogP contribution in [0.1, 0.15) is 40.0 Å². The summed E-state index contributed by atoms with van der Waals surface area (Å²) in [6.07, 6.45) is 5.15. The van der Waals surface area contributed by atoms with E-state index >= 15 is 0 Å². The summed E-state index contributed by atoms with van der Waals surface area (Å²) in [6, 6.07) is 2.33. The molecule has 0 radical (unpaired) electrons. The van der Waals surface area contributed by atoms with Gasteiger partial charge in [-0.1, -0.05) is 40.0 Å². The maximum atomic E-state index is 8.88. The highest BCUT2D eigenvalue weighted by Gasteiger charge is 2.29. The molecule has 2 rings (SSSR count). The maximum absolute atomic E-state index is 8.88. The van der Waals surface area contributed by atoms with E-state index < -0.39 is 0 Å². The third-order valence-electron chi connectivity index (χ3n) is 4.36. The maximum Gasteiger partial charge on any atom is 0.0627 e. The molecule has 2 fully saturated rings. The molecule has 22 heavy (non-hydrogen) atoms. The van der Waals surface area contributed by atoms with Gasteiger partial charge in [-0.15, -0.1) is 0 Å². The largest absolute Gasteiger partial charge is 0.299 e. The fourth-order valence-electron chi connectivity index (χ4n) is 2.82. The summed E-state index contributed by atoms with van der Waals surface area (Å²) >= 11 is 1.93. The minimum Gasteiger partial charge on any atom is -0.299 e. The molecule has 3 heteroatoms. The molecule has 0 atom stereocenters. The molecule has 0 spiro atoms. The number of hydrogen-bond acceptors (Lipinski definition) is 3. The lowest BCUT2D eigenvalue weighted by Crippen LogP contribution is -2.39. The lowest BCUT2D eigenvalue weighted by molar-refractivity contribution is 0.130. The van der Waals surface area contributed by atoms with Gasteiger partial charge in [-0.05, 0) is 48.1 Å². The molecule has 122 valence electrons. The van der Waals surface area contributed by atoms with Gasteiger partial charge in [-0.25, -0.2) is 0 Å². The van der Waals surface area contributed by atoms with Crippen LogP contribution in [0.5, 0.6) is 0 Å². The lowest BCUT2D eigenvalue weighted by Gasteiger charge is -2.38. The summed E-state index contributed by atoms with van der Waals surface area (Å²) in [5.41, 5.74) is 4.04. The molecule has 0 unspecified atom stereocenters. The molecule has 0 aromatic rings. The molecule has 2 aliphatic rings. The van der Waals surface area contributed by atoms with Crippen LogP contribution in [0.4, 0.5) is 0 Å². The van der Waals surface area contributed by atoms with Crippen molar-refractivity contribution in [3.05, 3.63) is 36.0 Å². The second kappa shape index (κ2) is 9.22. The number of hydrogen-bond donors (Lipinski definition) is 0. The van der Waals surface area contributed by atoms with Crippen LogP contribution in [0.15, 0.2) is 36.0 Å². The number of piperidine rings is 1. The number of rotatable bonds is 4. The molecule has 0 bridgehead atoms. The molecule has 2 nitrogen and oxygen atoms in total. The van der Waals surface area contributed by atoms with Gasteiger partial charge in [0.15, 0.2) is 0 Å². The second-order valence-corrected chi connectivity index (χ2v) is 7.33. The second-order valence-electron chi connectivity index (χ2n) is 6.35. The number of nitrogens with zero attached hydrogens (tertiary/aromatic N) is 2. The van der Waals surface area contributed by atoms with E-state index in [4.69, 9.17) is 5.26 Å². The molecular formula is C19H30N2S. The molecule has 0 aromatic heterocycles. The third kappa shape index (κ3) is 5.66. The van der Waals surface area contributed by atoms with Crippen molar-refractivity contribution in [1.82, 2.24) is 4.90 Å². The Morgan fingerprint density at radius 1 is 1.36 bits per heavy atom. The van der Waals surface area contributed by atoms with Gasteiger partial charge >= 0.3 is 0 Å². The van der Waals surface area contributed by atoms with Gasteiger partial charge in [-0.2, -0.15) is 17.0 Å². The van der Waals surface area contributed by atoms with Crippen LogP contribution < -0.4 is 0 Å². The van der Waals surface area contributed by atoms with Crippen molar-refractivity contribution in [2.75, 3.05) is 31.1 Å². The molecule has 2 saturated heterocycles. The predicted octanol–water partition coefficient (Wildman–Crippen LogP) is 4.81. The molecule has 2 heterocycles. The Morgan fingerprint density at radius 2 is 2.00 bits per heavy atom. The molecule has 0 N–H and O–H groups in total. The molecule has 0 amide bonds. The van der Waals surface area contributed by atoms with Gasteiger partial charge in [0.05, 0.1) is 6.07 Å². The first-order valence-corrected chi connectivity index (χ1v) is 9.41. The fourth-order valence-corrected chi connectivity index (χ4v) is 3.86. The van der Waals surface area contributed by atoms with Crippen molar-refractivity contribution in [2.45, 2.75) is 40.0 Å². The van der Waals surface area contributed by atoms with Gasteiger partial charge < -0.3 is 0 Å². The van der Waals surface area contributed by atoms with E-state index in [2.05, 4.69) is 37.1 Å². The van der Waals surface area contributed by atoms with Gasteiger partial charge in [0.25, 0.3) is 0 Å². The van der Waals surface area contributed by atoms with E-state index in [1.807, 2.05) is 25.6 Å². The van der Waals surface area contributed by atoms with E-state index in [1.165, 1.54) is 16.7 Å². The van der Waals surface area contributed by atoms with Crippen LogP contribution >= 0.6 is 11.8 Å². The highest BCUT2D eigenvalue weighted by atomic mass is 32.2. The number of nitriles is 1. The minimum absolute atomic E-state index is 0.224. The van der Waals surface area contributed by atoms with Crippen LogP contribution in [0.2, 0.25) is 0 Å². The first-order chi connectivity index (χ1) is 10.5. The normalized spacial score (nSPS) is 22.8. The standard InChI is InChI=1S/C17H24N2S.C2H6/c1-14(10-16-13-20-12-15(16)2)11-19-8-5-17(3,4-7-18)6-9-19;1-2/h10H,1-2,4-6,8-9,11-13H2,3H3;1-2H3/b16-10-;. The monoisotopic (exact) mass is 318 g/mol. The highest BCUT2D eigenvalue weighted by molar-refractivity contribution is 8.00. The summed E-state index contributed by atoms with van der Waals surface area (Å²) < 4.78 is 0. The van der Waals surface area contributed by atoms with E-state index in [9.17, 15) is 0 Å². The Bertz CT molecular complexity index is 462. The predicted molar refractivity (Wildman–Crippen MR) is 99.0 cm³/mol. The van der Waals surface area contributed by atoms with Crippen LogP contribution in [0.3, 0.4) is 0 Å². The Kier molecular flexibility index (Phi) is 8.00. The Hall–Kier alpha value is -0.980.